The van der Waals surface area contributed by atoms with Crippen molar-refractivity contribution in [3.63, 3.8) is 0 Å². The van der Waals surface area contributed by atoms with Crippen molar-refractivity contribution in [2.24, 2.45) is 5.92 Å². The van der Waals surface area contributed by atoms with Gasteiger partial charge in [0, 0.05) is 5.92 Å². The van der Waals surface area contributed by atoms with Crippen LogP contribution < -0.4 is 0 Å². The number of ether oxygens (including phenoxy) is 1. The minimum absolute atomic E-state index is 0.0189. The highest BCUT2D eigenvalue weighted by Gasteiger charge is 2.42. The molecule has 1 aromatic carbocycles. The number of Topliss-reactive ketones (excluding diaryl/α,β-unsaturated/α-hetero) is 1. The van der Waals surface area contributed by atoms with Crippen molar-refractivity contribution in [2.45, 2.75) is 30.9 Å². The summed E-state index contributed by atoms with van der Waals surface area (Å²) in [6.07, 6.45) is 0. The molecule has 0 bridgehead atoms. The fraction of sp³-hybridized carbons (Fsp3) is 0.429. The Labute approximate surface area is 118 Å². The Balaban J connectivity index is 3.30. The van der Waals surface area contributed by atoms with Crippen molar-refractivity contribution in [1.29, 1.82) is 0 Å². The summed E-state index contributed by atoms with van der Waals surface area (Å²) in [5.74, 6) is -2.26. The second kappa shape index (κ2) is 6.65. The van der Waals surface area contributed by atoms with E-state index in [2.05, 4.69) is 0 Å². The fourth-order valence-corrected chi connectivity index (χ4v) is 3.37. The number of hydrogen-bond donors (Lipinski definition) is 0. The van der Waals surface area contributed by atoms with Crippen molar-refractivity contribution < 1.29 is 22.7 Å². The molecule has 0 radical (unpaired) electrons. The third-order valence-electron chi connectivity index (χ3n) is 2.71. The highest BCUT2D eigenvalue weighted by molar-refractivity contribution is 7.93. The number of hydrogen-bond acceptors (Lipinski definition) is 5. The summed E-state index contributed by atoms with van der Waals surface area (Å²) in [5, 5.41) is -1.80. The molecule has 1 aromatic rings. The summed E-state index contributed by atoms with van der Waals surface area (Å²) in [5.41, 5.74) is 0. The number of esters is 1. The zero-order valence-electron chi connectivity index (χ0n) is 11.7. The summed E-state index contributed by atoms with van der Waals surface area (Å²) in [6.45, 7) is 4.68. The predicted octanol–water partition coefficient (Wildman–Crippen LogP) is 1.62. The monoisotopic (exact) mass is 298 g/mol. The zero-order chi connectivity index (χ0) is 15.3. The predicted molar refractivity (Wildman–Crippen MR) is 73.9 cm³/mol. The first kappa shape index (κ1) is 16.4. The lowest BCUT2D eigenvalue weighted by molar-refractivity contribution is -0.145. The molecule has 1 rings (SSSR count). The first-order valence-electron chi connectivity index (χ1n) is 6.31. The Morgan fingerprint density at radius 2 is 1.70 bits per heavy atom. The molecule has 0 aliphatic carbocycles. The third-order valence-corrected chi connectivity index (χ3v) is 4.68. The number of carbonyl (C=O) groups excluding carboxylic acids is 2. The summed E-state index contributed by atoms with van der Waals surface area (Å²) in [7, 11) is -4.09. The van der Waals surface area contributed by atoms with Crippen LogP contribution in [0.25, 0.3) is 0 Å². The number of rotatable bonds is 6. The van der Waals surface area contributed by atoms with Gasteiger partial charge in [0.2, 0.25) is 5.25 Å². The van der Waals surface area contributed by atoms with E-state index in [1.165, 1.54) is 24.3 Å². The first-order chi connectivity index (χ1) is 9.32. The van der Waals surface area contributed by atoms with Crippen LogP contribution in [0.4, 0.5) is 0 Å². The molecule has 6 heteroatoms. The molecule has 0 saturated heterocycles. The number of carbonyl (C=O) groups is 2. The summed E-state index contributed by atoms with van der Waals surface area (Å²) >= 11 is 0. The topological polar surface area (TPSA) is 77.5 Å². The van der Waals surface area contributed by atoms with E-state index >= 15 is 0 Å². The van der Waals surface area contributed by atoms with E-state index in [-0.39, 0.29) is 11.5 Å². The van der Waals surface area contributed by atoms with Crippen LogP contribution in [-0.2, 0) is 24.2 Å². The molecule has 0 spiro atoms. The van der Waals surface area contributed by atoms with E-state index in [1.54, 1.807) is 26.8 Å². The first-order valence-corrected chi connectivity index (χ1v) is 7.86. The summed E-state index contributed by atoms with van der Waals surface area (Å²) in [4.78, 5) is 23.9. The van der Waals surface area contributed by atoms with Crippen molar-refractivity contribution >= 4 is 21.6 Å². The Kier molecular flexibility index (Phi) is 5.44. The van der Waals surface area contributed by atoms with Crippen LogP contribution in [0.15, 0.2) is 35.2 Å². The van der Waals surface area contributed by atoms with Gasteiger partial charge in [-0.3, -0.25) is 9.59 Å². The van der Waals surface area contributed by atoms with Crippen LogP contribution >= 0.6 is 0 Å². The molecule has 1 unspecified atom stereocenters. The second-order valence-corrected chi connectivity index (χ2v) is 6.58. The van der Waals surface area contributed by atoms with E-state index in [0.29, 0.717) is 0 Å². The molecule has 0 aliphatic rings. The number of benzene rings is 1. The van der Waals surface area contributed by atoms with Crippen LogP contribution in [-0.4, -0.2) is 32.0 Å². The molecule has 110 valence electrons. The molecule has 0 N–H and O–H groups in total. The molecule has 0 fully saturated rings. The maximum atomic E-state index is 12.5. The molecule has 20 heavy (non-hydrogen) atoms. The molecule has 0 aliphatic heterocycles. The molecule has 0 aromatic heterocycles. The van der Waals surface area contributed by atoms with E-state index in [1.807, 2.05) is 0 Å². The van der Waals surface area contributed by atoms with Gasteiger partial charge in [-0.25, -0.2) is 8.42 Å². The van der Waals surface area contributed by atoms with Crippen LogP contribution in [0.2, 0.25) is 0 Å². The molecule has 0 saturated carbocycles. The lowest BCUT2D eigenvalue weighted by Gasteiger charge is -2.17. The van der Waals surface area contributed by atoms with Gasteiger partial charge in [-0.15, -0.1) is 0 Å². The minimum Gasteiger partial charge on any atom is -0.465 e. The molecule has 0 heterocycles. The van der Waals surface area contributed by atoms with Gasteiger partial charge < -0.3 is 4.74 Å². The normalized spacial score (nSPS) is 13.0. The maximum Gasteiger partial charge on any atom is 0.332 e. The van der Waals surface area contributed by atoms with Crippen molar-refractivity contribution in [2.75, 3.05) is 6.61 Å². The molecular weight excluding hydrogens is 280 g/mol. The van der Waals surface area contributed by atoms with Gasteiger partial charge in [-0.1, -0.05) is 32.0 Å². The van der Waals surface area contributed by atoms with Crippen LogP contribution in [0.3, 0.4) is 0 Å². The third kappa shape index (κ3) is 3.45. The number of ketones is 1. The second-order valence-electron chi connectivity index (χ2n) is 4.55. The lowest BCUT2D eigenvalue weighted by atomic mass is 10.1. The highest BCUT2D eigenvalue weighted by Crippen LogP contribution is 2.20. The van der Waals surface area contributed by atoms with E-state index in [4.69, 9.17) is 4.74 Å². The van der Waals surface area contributed by atoms with E-state index in [0.717, 1.165) is 0 Å². The number of sulfone groups is 1. The average molecular weight is 298 g/mol. The van der Waals surface area contributed by atoms with Crippen LogP contribution in [0.5, 0.6) is 0 Å². The smallest absolute Gasteiger partial charge is 0.332 e. The van der Waals surface area contributed by atoms with E-state index in [9.17, 15) is 18.0 Å². The van der Waals surface area contributed by atoms with Crippen molar-refractivity contribution in [3.8, 4) is 0 Å². The quantitative estimate of drug-likeness (QED) is 0.589. The molecule has 0 amide bonds. The van der Waals surface area contributed by atoms with Gasteiger partial charge in [0.1, 0.15) is 0 Å². The van der Waals surface area contributed by atoms with Gasteiger partial charge in [-0.2, -0.15) is 0 Å². The largest absolute Gasteiger partial charge is 0.465 e. The summed E-state index contributed by atoms with van der Waals surface area (Å²) in [6, 6.07) is 7.44. The van der Waals surface area contributed by atoms with Gasteiger partial charge in [0.15, 0.2) is 15.6 Å². The molecular formula is C14H18O5S. The fourth-order valence-electron chi connectivity index (χ4n) is 1.66. The van der Waals surface area contributed by atoms with Gasteiger partial charge >= 0.3 is 5.97 Å². The van der Waals surface area contributed by atoms with Gasteiger partial charge in [0.05, 0.1) is 11.5 Å². The van der Waals surface area contributed by atoms with Gasteiger partial charge in [0.25, 0.3) is 0 Å². The van der Waals surface area contributed by atoms with Crippen molar-refractivity contribution in [1.82, 2.24) is 0 Å². The van der Waals surface area contributed by atoms with E-state index < -0.39 is 32.8 Å². The zero-order valence-corrected chi connectivity index (χ0v) is 12.5. The average Bonchev–Trinajstić information content (AvgIpc) is 2.39. The Morgan fingerprint density at radius 1 is 1.15 bits per heavy atom. The molecule has 1 atom stereocenters. The Bertz CT molecular complexity index is 575. The van der Waals surface area contributed by atoms with Gasteiger partial charge in [-0.05, 0) is 19.1 Å². The van der Waals surface area contributed by atoms with Crippen molar-refractivity contribution in [3.05, 3.63) is 30.3 Å². The maximum absolute atomic E-state index is 12.5. The standard InChI is InChI=1S/C14H18O5S/c1-4-19-14(16)13(12(15)10(2)3)20(17,18)11-8-6-5-7-9-11/h5-10,13H,4H2,1-3H3. The Morgan fingerprint density at radius 3 is 2.15 bits per heavy atom. The lowest BCUT2D eigenvalue weighted by Crippen LogP contribution is -2.41. The summed E-state index contributed by atoms with van der Waals surface area (Å²) < 4.78 is 29.7. The minimum atomic E-state index is -4.09. The van der Waals surface area contributed by atoms with Crippen LogP contribution in [0.1, 0.15) is 20.8 Å². The molecule has 5 nitrogen and oxygen atoms in total. The van der Waals surface area contributed by atoms with Crippen LogP contribution in [0, 0.1) is 5.92 Å². The Hall–Kier alpha value is -1.69. The SMILES string of the molecule is CCOC(=O)C(C(=O)C(C)C)S(=O)(=O)c1ccccc1. The highest BCUT2D eigenvalue weighted by atomic mass is 32.2.